The number of halogens is 1. The summed E-state index contributed by atoms with van der Waals surface area (Å²) in [5.41, 5.74) is 0.982. The monoisotopic (exact) mass is 392 g/mol. The molecule has 0 aliphatic carbocycles. The first-order valence-corrected chi connectivity index (χ1v) is 9.67. The van der Waals surface area contributed by atoms with Crippen molar-refractivity contribution in [2.24, 2.45) is 14.1 Å². The van der Waals surface area contributed by atoms with Crippen molar-refractivity contribution in [1.82, 2.24) is 18.7 Å². The number of imidazole rings is 1. The van der Waals surface area contributed by atoms with Crippen LogP contribution in [-0.2, 0) is 20.6 Å². The molecule has 3 rings (SSSR count). The average molecular weight is 393 g/mol. The first-order valence-electron chi connectivity index (χ1n) is 8.41. The first-order chi connectivity index (χ1) is 12.3. The van der Waals surface area contributed by atoms with E-state index in [4.69, 9.17) is 11.6 Å². The van der Waals surface area contributed by atoms with Crippen molar-refractivity contribution in [3.63, 3.8) is 0 Å². The summed E-state index contributed by atoms with van der Waals surface area (Å²) in [4.78, 5) is 29.7. The Hall–Kier alpha value is -1.99. The number of thioether (sulfide) groups is 1. The van der Waals surface area contributed by atoms with Gasteiger partial charge < -0.3 is 4.57 Å². The first kappa shape index (κ1) is 18.8. The molecular weight excluding hydrogens is 372 g/mol. The lowest BCUT2D eigenvalue weighted by Gasteiger charge is -2.12. The lowest BCUT2D eigenvalue weighted by Crippen LogP contribution is -2.37. The third kappa shape index (κ3) is 3.21. The fourth-order valence-corrected chi connectivity index (χ4v) is 3.87. The Morgan fingerprint density at radius 2 is 1.88 bits per heavy atom. The van der Waals surface area contributed by atoms with Crippen LogP contribution in [0.3, 0.4) is 0 Å². The van der Waals surface area contributed by atoms with E-state index in [9.17, 15) is 9.59 Å². The number of nitrogens with zero attached hydrogens (tertiary/aromatic N) is 4. The topological polar surface area (TPSA) is 61.8 Å². The Balaban J connectivity index is 2.30. The Morgan fingerprint density at radius 3 is 2.54 bits per heavy atom. The summed E-state index contributed by atoms with van der Waals surface area (Å²) < 4.78 is 4.40. The fraction of sp³-hybridized carbons (Fsp3) is 0.389. The van der Waals surface area contributed by atoms with E-state index in [0.29, 0.717) is 33.1 Å². The number of aromatic nitrogens is 4. The van der Waals surface area contributed by atoms with Crippen LogP contribution in [0.1, 0.15) is 25.8 Å². The summed E-state index contributed by atoms with van der Waals surface area (Å²) in [6, 6.07) is 7.54. The van der Waals surface area contributed by atoms with Crippen molar-refractivity contribution in [3.05, 3.63) is 55.7 Å². The van der Waals surface area contributed by atoms with Crippen LogP contribution >= 0.6 is 23.4 Å². The lowest BCUT2D eigenvalue weighted by atomic mass is 10.2. The van der Waals surface area contributed by atoms with Gasteiger partial charge in [0.2, 0.25) is 0 Å². The summed E-state index contributed by atoms with van der Waals surface area (Å²) in [5, 5.41) is 1.68. The molecule has 6 nitrogen and oxygen atoms in total. The highest BCUT2D eigenvalue weighted by Crippen LogP contribution is 2.28. The predicted octanol–water partition coefficient (Wildman–Crippen LogP) is 3.03. The van der Waals surface area contributed by atoms with Crippen LogP contribution in [0.15, 0.2) is 39.0 Å². The summed E-state index contributed by atoms with van der Waals surface area (Å²) >= 11 is 7.92. The maximum Gasteiger partial charge on any atom is 0.332 e. The molecule has 0 N–H and O–H groups in total. The van der Waals surface area contributed by atoms with Crippen LogP contribution in [0.2, 0.25) is 5.02 Å². The minimum atomic E-state index is -0.384. The predicted molar refractivity (Wildman–Crippen MR) is 106 cm³/mol. The minimum absolute atomic E-state index is 0.331. The standard InChI is InChI=1S/C18H21ClN4O2S/c1-5-11(2)26-17-20-15-14(16(24)22(4)18(25)21(15)3)23(17)10-12-8-6-7-9-13(12)19/h6-9,11H,5,10H2,1-4H3/t11-/m0/s1. The Morgan fingerprint density at radius 1 is 1.19 bits per heavy atom. The second-order valence-electron chi connectivity index (χ2n) is 6.29. The smallest absolute Gasteiger partial charge is 0.309 e. The van der Waals surface area contributed by atoms with Gasteiger partial charge in [-0.2, -0.15) is 0 Å². The van der Waals surface area contributed by atoms with Crippen molar-refractivity contribution < 1.29 is 0 Å². The third-order valence-electron chi connectivity index (χ3n) is 4.48. The molecule has 3 aromatic rings. The van der Waals surface area contributed by atoms with Gasteiger partial charge in [-0.15, -0.1) is 0 Å². The molecule has 2 aromatic heterocycles. The molecule has 0 saturated heterocycles. The van der Waals surface area contributed by atoms with Crippen molar-refractivity contribution >= 4 is 34.5 Å². The van der Waals surface area contributed by atoms with Gasteiger partial charge in [0.15, 0.2) is 16.3 Å². The number of hydrogen-bond donors (Lipinski definition) is 0. The number of benzene rings is 1. The van der Waals surface area contributed by atoms with Crippen LogP contribution in [0, 0.1) is 0 Å². The molecule has 1 aromatic carbocycles. The molecule has 2 heterocycles. The van der Waals surface area contributed by atoms with Crippen LogP contribution in [0.4, 0.5) is 0 Å². The van der Waals surface area contributed by atoms with Gasteiger partial charge in [0.1, 0.15) is 0 Å². The highest BCUT2D eigenvalue weighted by atomic mass is 35.5. The molecule has 26 heavy (non-hydrogen) atoms. The Bertz CT molecular complexity index is 1080. The second-order valence-corrected chi connectivity index (χ2v) is 8.10. The van der Waals surface area contributed by atoms with Gasteiger partial charge in [0.05, 0.1) is 6.54 Å². The highest BCUT2D eigenvalue weighted by molar-refractivity contribution is 7.99. The zero-order valence-electron chi connectivity index (χ0n) is 15.2. The number of fused-ring (bicyclic) bond motifs is 1. The van der Waals surface area contributed by atoms with Crippen molar-refractivity contribution in [2.45, 2.75) is 37.2 Å². The molecule has 0 radical (unpaired) electrons. The van der Waals surface area contributed by atoms with Crippen molar-refractivity contribution in [1.29, 1.82) is 0 Å². The van der Waals surface area contributed by atoms with Crippen LogP contribution in [0.5, 0.6) is 0 Å². The molecule has 0 fully saturated rings. The lowest BCUT2D eigenvalue weighted by molar-refractivity contribution is 0.696. The summed E-state index contributed by atoms with van der Waals surface area (Å²) in [6.07, 6.45) is 0.969. The molecule has 0 saturated carbocycles. The van der Waals surface area contributed by atoms with E-state index in [1.54, 1.807) is 18.8 Å². The SMILES string of the molecule is CC[C@H](C)Sc1nc2c(c(=O)n(C)c(=O)n2C)n1Cc1ccccc1Cl. The quantitative estimate of drug-likeness (QED) is 0.626. The van der Waals surface area contributed by atoms with Crippen LogP contribution in [0.25, 0.3) is 11.2 Å². The highest BCUT2D eigenvalue weighted by Gasteiger charge is 2.21. The fourth-order valence-electron chi connectivity index (χ4n) is 2.72. The van der Waals surface area contributed by atoms with Crippen molar-refractivity contribution in [3.8, 4) is 0 Å². The summed E-state index contributed by atoms with van der Waals surface area (Å²) in [6.45, 7) is 4.64. The Labute approximate surface area is 160 Å². The number of hydrogen-bond acceptors (Lipinski definition) is 4. The van der Waals surface area contributed by atoms with E-state index in [1.165, 1.54) is 11.6 Å². The van der Waals surface area contributed by atoms with Gasteiger partial charge in [-0.25, -0.2) is 9.78 Å². The average Bonchev–Trinajstić information content (AvgIpc) is 2.98. The summed E-state index contributed by atoms with van der Waals surface area (Å²) in [5.74, 6) is 0. The molecule has 0 spiro atoms. The molecule has 1 atom stereocenters. The second kappa shape index (κ2) is 7.32. The maximum atomic E-state index is 12.8. The van der Waals surface area contributed by atoms with E-state index in [-0.39, 0.29) is 11.2 Å². The van der Waals surface area contributed by atoms with E-state index in [0.717, 1.165) is 16.6 Å². The molecular formula is C18H21ClN4O2S. The summed E-state index contributed by atoms with van der Waals surface area (Å²) in [7, 11) is 3.12. The Kier molecular flexibility index (Phi) is 5.29. The van der Waals surface area contributed by atoms with Gasteiger partial charge in [-0.3, -0.25) is 13.9 Å². The normalized spacial score (nSPS) is 12.7. The molecule has 138 valence electrons. The van der Waals surface area contributed by atoms with Gasteiger partial charge in [-0.05, 0) is 18.1 Å². The van der Waals surface area contributed by atoms with E-state index >= 15 is 0 Å². The number of rotatable bonds is 5. The van der Waals surface area contributed by atoms with Gasteiger partial charge in [0.25, 0.3) is 5.56 Å². The van der Waals surface area contributed by atoms with E-state index < -0.39 is 0 Å². The third-order valence-corrected chi connectivity index (χ3v) is 6.11. The molecule has 0 amide bonds. The largest absolute Gasteiger partial charge is 0.332 e. The number of aryl methyl sites for hydroxylation is 1. The van der Waals surface area contributed by atoms with E-state index in [2.05, 4.69) is 18.8 Å². The molecule has 0 aliphatic rings. The van der Waals surface area contributed by atoms with Gasteiger partial charge in [-0.1, -0.05) is 55.4 Å². The van der Waals surface area contributed by atoms with Gasteiger partial charge >= 0.3 is 5.69 Å². The van der Waals surface area contributed by atoms with Crippen LogP contribution < -0.4 is 11.2 Å². The van der Waals surface area contributed by atoms with E-state index in [1.807, 2.05) is 28.8 Å². The maximum absolute atomic E-state index is 12.8. The van der Waals surface area contributed by atoms with Gasteiger partial charge in [0, 0.05) is 24.4 Å². The zero-order chi connectivity index (χ0) is 19.0. The van der Waals surface area contributed by atoms with Crippen LogP contribution in [-0.4, -0.2) is 23.9 Å². The molecule has 0 bridgehead atoms. The molecule has 8 heteroatoms. The molecule has 0 unspecified atom stereocenters. The molecule has 0 aliphatic heterocycles. The minimum Gasteiger partial charge on any atom is -0.309 e. The zero-order valence-corrected chi connectivity index (χ0v) is 16.8. The van der Waals surface area contributed by atoms with Crippen molar-refractivity contribution in [2.75, 3.05) is 0 Å².